The van der Waals surface area contributed by atoms with Crippen molar-refractivity contribution in [2.24, 2.45) is 5.73 Å². The third-order valence-corrected chi connectivity index (χ3v) is 3.60. The average Bonchev–Trinajstić information content (AvgIpc) is 2.32. The maximum atomic E-state index is 6.58. The Morgan fingerprint density at radius 3 is 2.00 bits per heavy atom. The second kappa shape index (κ2) is 4.58. The smallest absolute Gasteiger partial charge is 0.0639 e. The maximum Gasteiger partial charge on any atom is 0.0639 e. The summed E-state index contributed by atoms with van der Waals surface area (Å²) in [6, 6.07) is 14.9. The second-order valence-electron chi connectivity index (χ2n) is 5.39. The number of hydrogen-bond acceptors (Lipinski definition) is 1. The zero-order valence-corrected chi connectivity index (χ0v) is 11.6. The second-order valence-corrected chi connectivity index (χ2v) is 5.39. The number of nitrogens with two attached hydrogens (primary N) is 1. The van der Waals surface area contributed by atoms with Crippen molar-refractivity contribution < 1.29 is 0 Å². The normalized spacial score (nSPS) is 14.3. The van der Waals surface area contributed by atoms with E-state index in [9.17, 15) is 0 Å². The minimum absolute atomic E-state index is 0.441. The van der Waals surface area contributed by atoms with Crippen LogP contribution in [0.5, 0.6) is 0 Å². The molecule has 2 rings (SSSR count). The molecule has 0 aliphatic heterocycles. The van der Waals surface area contributed by atoms with Crippen LogP contribution in [-0.2, 0) is 5.54 Å². The summed E-state index contributed by atoms with van der Waals surface area (Å²) >= 11 is 0. The molecule has 0 fully saturated rings. The van der Waals surface area contributed by atoms with Gasteiger partial charge in [0.25, 0.3) is 0 Å². The van der Waals surface area contributed by atoms with Gasteiger partial charge in [0.05, 0.1) is 5.54 Å². The molecule has 0 amide bonds. The summed E-state index contributed by atoms with van der Waals surface area (Å²) < 4.78 is 0. The minimum Gasteiger partial charge on any atom is -0.318 e. The molecule has 0 heterocycles. The minimum atomic E-state index is -0.441. The van der Waals surface area contributed by atoms with Crippen molar-refractivity contribution in [2.45, 2.75) is 33.2 Å². The largest absolute Gasteiger partial charge is 0.318 e. The van der Waals surface area contributed by atoms with Gasteiger partial charge in [-0.05, 0) is 44.4 Å². The molecule has 0 bridgehead atoms. The van der Waals surface area contributed by atoms with Crippen LogP contribution < -0.4 is 5.73 Å². The van der Waals surface area contributed by atoms with Gasteiger partial charge in [0, 0.05) is 0 Å². The van der Waals surface area contributed by atoms with Gasteiger partial charge in [0.2, 0.25) is 0 Å². The standard InChI is InChI=1S/C17H21N/c1-12-6-9-15(10-7-12)17(4,18)16-11-13(2)5-8-14(16)3/h5-11H,18H2,1-4H3. The summed E-state index contributed by atoms with van der Waals surface area (Å²) in [6.45, 7) is 8.40. The van der Waals surface area contributed by atoms with Crippen molar-refractivity contribution >= 4 is 0 Å². The molecule has 0 saturated carbocycles. The van der Waals surface area contributed by atoms with Gasteiger partial charge < -0.3 is 5.73 Å². The predicted molar refractivity (Wildman–Crippen MR) is 77.7 cm³/mol. The van der Waals surface area contributed by atoms with Crippen LogP contribution in [0.4, 0.5) is 0 Å². The highest BCUT2D eigenvalue weighted by molar-refractivity contribution is 5.43. The molecule has 0 radical (unpaired) electrons. The van der Waals surface area contributed by atoms with Crippen LogP contribution in [0.1, 0.15) is 34.7 Å². The van der Waals surface area contributed by atoms with Gasteiger partial charge in [-0.1, -0.05) is 53.6 Å². The summed E-state index contributed by atoms with van der Waals surface area (Å²) in [6.07, 6.45) is 0. The molecule has 2 aromatic rings. The third-order valence-electron chi connectivity index (χ3n) is 3.60. The van der Waals surface area contributed by atoms with Crippen molar-refractivity contribution in [3.63, 3.8) is 0 Å². The fourth-order valence-electron chi connectivity index (χ4n) is 2.35. The molecular weight excluding hydrogens is 218 g/mol. The quantitative estimate of drug-likeness (QED) is 0.846. The number of aryl methyl sites for hydroxylation is 3. The predicted octanol–water partition coefficient (Wildman–Crippen LogP) is 3.83. The van der Waals surface area contributed by atoms with Gasteiger partial charge in [-0.2, -0.15) is 0 Å². The molecule has 1 atom stereocenters. The fraction of sp³-hybridized carbons (Fsp3) is 0.294. The van der Waals surface area contributed by atoms with Gasteiger partial charge in [0.1, 0.15) is 0 Å². The van der Waals surface area contributed by atoms with Crippen molar-refractivity contribution in [1.29, 1.82) is 0 Å². The summed E-state index contributed by atoms with van der Waals surface area (Å²) in [5, 5.41) is 0. The molecule has 0 aliphatic carbocycles. The summed E-state index contributed by atoms with van der Waals surface area (Å²) in [5.74, 6) is 0. The molecule has 0 aliphatic rings. The molecule has 1 nitrogen and oxygen atoms in total. The van der Waals surface area contributed by atoms with Crippen LogP contribution in [0.2, 0.25) is 0 Å². The zero-order valence-electron chi connectivity index (χ0n) is 11.6. The van der Waals surface area contributed by atoms with Gasteiger partial charge in [-0.3, -0.25) is 0 Å². The molecule has 94 valence electrons. The Balaban J connectivity index is 2.53. The molecule has 0 spiro atoms. The monoisotopic (exact) mass is 239 g/mol. The van der Waals surface area contributed by atoms with E-state index in [1.807, 2.05) is 0 Å². The first kappa shape index (κ1) is 12.8. The highest BCUT2D eigenvalue weighted by Crippen LogP contribution is 2.29. The number of rotatable bonds is 2. The summed E-state index contributed by atoms with van der Waals surface area (Å²) in [7, 11) is 0. The lowest BCUT2D eigenvalue weighted by molar-refractivity contribution is 0.598. The molecule has 0 aromatic heterocycles. The first-order valence-electron chi connectivity index (χ1n) is 6.35. The lowest BCUT2D eigenvalue weighted by Gasteiger charge is -2.28. The van der Waals surface area contributed by atoms with Crippen LogP contribution in [0.3, 0.4) is 0 Å². The Hall–Kier alpha value is -1.60. The Kier molecular flexibility index (Phi) is 3.27. The summed E-state index contributed by atoms with van der Waals surface area (Å²) in [4.78, 5) is 0. The molecule has 2 N–H and O–H groups in total. The van der Waals surface area contributed by atoms with E-state index in [2.05, 4.69) is 70.2 Å². The molecule has 2 aromatic carbocycles. The Morgan fingerprint density at radius 2 is 1.39 bits per heavy atom. The first-order chi connectivity index (χ1) is 8.41. The van der Waals surface area contributed by atoms with E-state index in [-0.39, 0.29) is 0 Å². The molecule has 18 heavy (non-hydrogen) atoms. The third kappa shape index (κ3) is 2.32. The highest BCUT2D eigenvalue weighted by Gasteiger charge is 2.25. The fourth-order valence-corrected chi connectivity index (χ4v) is 2.35. The lowest BCUT2D eigenvalue weighted by Crippen LogP contribution is -2.35. The van der Waals surface area contributed by atoms with Crippen LogP contribution in [0.25, 0.3) is 0 Å². The van der Waals surface area contributed by atoms with Crippen molar-refractivity contribution in [1.82, 2.24) is 0 Å². The van der Waals surface area contributed by atoms with Crippen molar-refractivity contribution in [3.8, 4) is 0 Å². The lowest BCUT2D eigenvalue weighted by atomic mass is 9.82. The van der Waals surface area contributed by atoms with Crippen molar-refractivity contribution in [3.05, 3.63) is 70.3 Å². The zero-order chi connectivity index (χ0) is 13.3. The van der Waals surface area contributed by atoms with Gasteiger partial charge in [-0.25, -0.2) is 0 Å². The number of benzene rings is 2. The van der Waals surface area contributed by atoms with Gasteiger partial charge in [-0.15, -0.1) is 0 Å². The van der Waals surface area contributed by atoms with E-state index < -0.39 is 5.54 Å². The van der Waals surface area contributed by atoms with E-state index in [1.165, 1.54) is 22.3 Å². The van der Waals surface area contributed by atoms with E-state index in [0.717, 1.165) is 5.56 Å². The first-order valence-corrected chi connectivity index (χ1v) is 6.35. The topological polar surface area (TPSA) is 26.0 Å². The number of hydrogen-bond donors (Lipinski definition) is 1. The van der Waals surface area contributed by atoms with Crippen molar-refractivity contribution in [2.75, 3.05) is 0 Å². The highest BCUT2D eigenvalue weighted by atomic mass is 14.7. The van der Waals surface area contributed by atoms with Gasteiger partial charge in [0.15, 0.2) is 0 Å². The van der Waals surface area contributed by atoms with Gasteiger partial charge >= 0.3 is 0 Å². The Labute approximate surface area is 110 Å². The average molecular weight is 239 g/mol. The van der Waals surface area contributed by atoms with Crippen LogP contribution in [0, 0.1) is 20.8 Å². The van der Waals surface area contributed by atoms with E-state index in [4.69, 9.17) is 5.73 Å². The van der Waals surface area contributed by atoms with E-state index >= 15 is 0 Å². The molecular formula is C17H21N. The summed E-state index contributed by atoms with van der Waals surface area (Å²) in [5.41, 5.74) is 12.2. The van der Waals surface area contributed by atoms with Crippen LogP contribution >= 0.6 is 0 Å². The van der Waals surface area contributed by atoms with E-state index in [0.29, 0.717) is 0 Å². The maximum absolute atomic E-state index is 6.58. The molecule has 1 heteroatoms. The molecule has 1 unspecified atom stereocenters. The Morgan fingerprint density at radius 1 is 0.833 bits per heavy atom. The SMILES string of the molecule is Cc1ccc(C(C)(N)c2cc(C)ccc2C)cc1. The van der Waals surface area contributed by atoms with Crippen LogP contribution in [-0.4, -0.2) is 0 Å². The van der Waals surface area contributed by atoms with Crippen LogP contribution in [0.15, 0.2) is 42.5 Å². The van der Waals surface area contributed by atoms with E-state index in [1.54, 1.807) is 0 Å². The Bertz CT molecular complexity index is 550. The molecule has 0 saturated heterocycles.